The Kier molecular flexibility index (Phi) is 8.32. The number of imide groups is 1. The topological polar surface area (TPSA) is 160 Å². The number of benzene rings is 2. The highest BCUT2D eigenvalue weighted by molar-refractivity contribution is 6.17. The number of ether oxygens (including phenoxy) is 1. The number of hydrogen-bond donors (Lipinski definition) is 4. The Bertz CT molecular complexity index is 1600. The van der Waals surface area contributed by atoms with Gasteiger partial charge in [-0.3, -0.25) is 24.6 Å². The number of H-pyrrole nitrogens is 2. The summed E-state index contributed by atoms with van der Waals surface area (Å²) in [7, 11) is 1.58. The summed E-state index contributed by atoms with van der Waals surface area (Å²) in [6.07, 6.45) is 3.29. The minimum atomic E-state index is -0.949. The van der Waals surface area contributed by atoms with Crippen LogP contribution in [-0.2, 0) is 16.0 Å². The van der Waals surface area contributed by atoms with Crippen LogP contribution in [0.2, 0.25) is 0 Å². The third-order valence-electron chi connectivity index (χ3n) is 8.09. The molecule has 6 N–H and O–H groups in total. The lowest BCUT2D eigenvalue weighted by Crippen LogP contribution is -2.50. The molecule has 10 heteroatoms. The summed E-state index contributed by atoms with van der Waals surface area (Å²) in [6, 6.07) is 15.5. The summed E-state index contributed by atoms with van der Waals surface area (Å²) in [5, 5.41) is 5.80. The van der Waals surface area contributed by atoms with Gasteiger partial charge in [-0.1, -0.05) is 24.3 Å². The molecule has 0 bridgehead atoms. The first-order chi connectivity index (χ1) is 19.8. The number of pyridine rings is 1. The number of aromatic amines is 2. The summed E-state index contributed by atoms with van der Waals surface area (Å²) in [4.78, 5) is 45.4. The fourth-order valence-electron chi connectivity index (χ4n) is 5.64. The van der Waals surface area contributed by atoms with Crippen molar-refractivity contribution in [2.75, 3.05) is 18.6 Å². The molecule has 4 aromatic rings. The minimum absolute atomic E-state index is 0.256. The van der Waals surface area contributed by atoms with Gasteiger partial charge >= 0.3 is 0 Å². The van der Waals surface area contributed by atoms with Crippen molar-refractivity contribution in [1.82, 2.24) is 15.2 Å². The molecule has 2 heterocycles. The number of anilines is 1. The number of hydrogen-bond acceptors (Lipinski definition) is 7. The van der Waals surface area contributed by atoms with Crippen molar-refractivity contribution >= 4 is 28.4 Å². The number of fused-ring (bicyclic) bond motifs is 1. The largest absolute Gasteiger partial charge is 0.481 e. The van der Waals surface area contributed by atoms with Crippen molar-refractivity contribution in [3.8, 4) is 17.0 Å². The molecule has 0 radical (unpaired) electrons. The lowest BCUT2D eigenvalue weighted by molar-refractivity contribution is -0.130. The molecule has 0 aliphatic heterocycles. The van der Waals surface area contributed by atoms with E-state index in [1.54, 1.807) is 25.3 Å². The monoisotopic (exact) mass is 556 g/mol. The van der Waals surface area contributed by atoms with E-state index in [1.165, 1.54) is 4.90 Å². The van der Waals surface area contributed by atoms with Crippen molar-refractivity contribution in [2.24, 2.45) is 23.3 Å². The van der Waals surface area contributed by atoms with Gasteiger partial charge in [0.05, 0.1) is 29.7 Å². The highest BCUT2D eigenvalue weighted by Crippen LogP contribution is 2.32. The lowest BCUT2D eigenvalue weighted by atomic mass is 9.81. The maximum atomic E-state index is 13.8. The Hall–Kier alpha value is -4.28. The van der Waals surface area contributed by atoms with Gasteiger partial charge in [-0.25, -0.2) is 9.88 Å². The molecule has 214 valence electrons. The second-order valence-corrected chi connectivity index (χ2v) is 10.8. The standard InChI is InChI=1S/C31H36N6O4/c1-18-24(13-14-28(34-18)41-2)21-7-3-19(4-8-21)15-26(33)31(40)37(30(39)22-9-5-20(17-32)6-10-22)23-11-12-25-27(16-23)35-36-29(25)38/h3-4,7-8,11-14,16,20,22,26H,5-6,9-10,15,17,32-33H2,1-2H3,(H2,35,36,38)/t20?,22?,26-/m0/s1. The molecule has 2 amide bonds. The van der Waals surface area contributed by atoms with Crippen molar-refractivity contribution in [2.45, 2.75) is 45.1 Å². The van der Waals surface area contributed by atoms with Crippen LogP contribution >= 0.6 is 0 Å². The summed E-state index contributed by atoms with van der Waals surface area (Å²) in [5.74, 6) is -0.0907. The van der Waals surface area contributed by atoms with Crippen molar-refractivity contribution in [1.29, 1.82) is 0 Å². The Morgan fingerprint density at radius 2 is 1.78 bits per heavy atom. The number of nitrogens with zero attached hydrogens (tertiary/aromatic N) is 2. The van der Waals surface area contributed by atoms with Crippen LogP contribution in [0.5, 0.6) is 5.88 Å². The van der Waals surface area contributed by atoms with Crippen LogP contribution < -0.4 is 26.7 Å². The first-order valence-corrected chi connectivity index (χ1v) is 13.9. The second-order valence-electron chi connectivity index (χ2n) is 10.8. The Morgan fingerprint density at radius 3 is 2.44 bits per heavy atom. The molecular weight excluding hydrogens is 520 g/mol. The van der Waals surface area contributed by atoms with E-state index >= 15 is 0 Å². The number of methoxy groups -OCH3 is 1. The van der Waals surface area contributed by atoms with Crippen LogP contribution in [0, 0.1) is 18.8 Å². The van der Waals surface area contributed by atoms with Crippen LogP contribution in [0.4, 0.5) is 5.69 Å². The van der Waals surface area contributed by atoms with Gasteiger partial charge < -0.3 is 16.2 Å². The average molecular weight is 557 g/mol. The van der Waals surface area contributed by atoms with Gasteiger partial charge in [0.25, 0.3) is 11.5 Å². The molecule has 1 aliphatic carbocycles. The summed E-state index contributed by atoms with van der Waals surface area (Å²) < 4.78 is 5.20. The molecule has 41 heavy (non-hydrogen) atoms. The van der Waals surface area contributed by atoms with Gasteiger partial charge in [-0.2, -0.15) is 0 Å². The zero-order chi connectivity index (χ0) is 29.1. The van der Waals surface area contributed by atoms with E-state index in [0.717, 1.165) is 35.2 Å². The van der Waals surface area contributed by atoms with Crippen LogP contribution in [0.25, 0.3) is 22.0 Å². The number of amides is 2. The Balaban J connectivity index is 1.38. The molecule has 0 spiro atoms. The number of nitrogens with two attached hydrogens (primary N) is 2. The molecule has 1 atom stereocenters. The van der Waals surface area contributed by atoms with Crippen molar-refractivity contribution < 1.29 is 14.3 Å². The smallest absolute Gasteiger partial charge is 0.271 e. The Morgan fingerprint density at radius 1 is 1.05 bits per heavy atom. The molecule has 0 unspecified atom stereocenters. The first kappa shape index (κ1) is 28.3. The van der Waals surface area contributed by atoms with Crippen molar-refractivity contribution in [3.05, 3.63) is 76.2 Å². The number of aromatic nitrogens is 3. The molecule has 1 saturated carbocycles. The van der Waals surface area contributed by atoms with E-state index in [2.05, 4.69) is 15.2 Å². The molecule has 10 nitrogen and oxygen atoms in total. The summed E-state index contributed by atoms with van der Waals surface area (Å²) >= 11 is 0. The number of aryl methyl sites for hydroxylation is 1. The zero-order valence-electron chi connectivity index (χ0n) is 23.4. The molecule has 0 saturated heterocycles. The van der Waals surface area contributed by atoms with E-state index in [9.17, 15) is 14.4 Å². The Labute approximate surface area is 238 Å². The minimum Gasteiger partial charge on any atom is -0.481 e. The van der Waals surface area contributed by atoms with Crippen molar-refractivity contribution in [3.63, 3.8) is 0 Å². The molecular formula is C31H36N6O4. The zero-order valence-corrected chi connectivity index (χ0v) is 23.4. The van der Waals surface area contributed by atoms with Crippen LogP contribution in [0.1, 0.15) is 36.9 Å². The fourth-order valence-corrected chi connectivity index (χ4v) is 5.64. The van der Waals surface area contributed by atoms with Gasteiger partial charge in [-0.05, 0) is 86.9 Å². The molecule has 1 fully saturated rings. The average Bonchev–Trinajstić information content (AvgIpc) is 3.37. The van der Waals surface area contributed by atoms with E-state index in [4.69, 9.17) is 16.2 Å². The molecule has 2 aromatic heterocycles. The number of nitrogens with one attached hydrogen (secondary N) is 2. The van der Waals surface area contributed by atoms with Gasteiger partial charge in [-0.15, -0.1) is 0 Å². The first-order valence-electron chi connectivity index (χ1n) is 13.9. The third-order valence-corrected chi connectivity index (χ3v) is 8.09. The highest BCUT2D eigenvalue weighted by Gasteiger charge is 2.35. The molecule has 1 aliphatic rings. The maximum absolute atomic E-state index is 13.8. The fraction of sp³-hybridized carbons (Fsp3) is 0.355. The number of rotatable bonds is 8. The highest BCUT2D eigenvalue weighted by atomic mass is 16.5. The second kappa shape index (κ2) is 12.1. The maximum Gasteiger partial charge on any atom is 0.271 e. The predicted molar refractivity (Wildman–Crippen MR) is 159 cm³/mol. The number of carbonyl (C=O) groups excluding carboxylic acids is 2. The van der Waals surface area contributed by atoms with Gasteiger partial charge in [0, 0.05) is 23.2 Å². The quantitative estimate of drug-likeness (QED) is 0.259. The van der Waals surface area contributed by atoms with Gasteiger partial charge in [0.15, 0.2) is 0 Å². The van der Waals surface area contributed by atoms with E-state index in [0.29, 0.717) is 47.8 Å². The van der Waals surface area contributed by atoms with E-state index in [1.807, 2.05) is 43.3 Å². The SMILES string of the molecule is COc1ccc(-c2ccc(C[C@H](N)C(=O)N(C(=O)C3CCC(CN)CC3)c3ccc4c(=O)[nH][nH]c4c3)cc2)c(C)n1. The van der Waals surface area contributed by atoms with E-state index < -0.39 is 11.9 Å². The number of carbonyl (C=O) groups is 2. The summed E-state index contributed by atoms with van der Waals surface area (Å²) in [6.45, 7) is 2.52. The van der Waals surface area contributed by atoms with Crippen LogP contribution in [-0.4, -0.2) is 46.7 Å². The third kappa shape index (κ3) is 5.94. The molecule has 2 aromatic carbocycles. The van der Waals surface area contributed by atoms with Gasteiger partial charge in [0.2, 0.25) is 11.8 Å². The van der Waals surface area contributed by atoms with Crippen LogP contribution in [0.15, 0.2) is 59.4 Å². The van der Waals surface area contributed by atoms with E-state index in [-0.39, 0.29) is 23.8 Å². The summed E-state index contributed by atoms with van der Waals surface area (Å²) in [5.41, 5.74) is 16.6. The van der Waals surface area contributed by atoms with Gasteiger partial charge in [0.1, 0.15) is 0 Å². The lowest BCUT2D eigenvalue weighted by Gasteiger charge is -2.32. The normalized spacial score (nSPS) is 17.8. The van der Waals surface area contributed by atoms with Crippen LogP contribution in [0.3, 0.4) is 0 Å². The molecule has 5 rings (SSSR count). The predicted octanol–water partition coefficient (Wildman–Crippen LogP) is 3.43.